The summed E-state index contributed by atoms with van der Waals surface area (Å²) < 4.78 is 0. The lowest BCUT2D eigenvalue weighted by Gasteiger charge is -1.99. The first-order valence-corrected chi connectivity index (χ1v) is 5.74. The summed E-state index contributed by atoms with van der Waals surface area (Å²) in [6.45, 7) is 1.91. The van der Waals surface area contributed by atoms with Crippen molar-refractivity contribution >= 4 is 17.6 Å². The lowest BCUT2D eigenvalue weighted by atomic mass is 10.1. The zero-order chi connectivity index (χ0) is 12.8. The Bertz CT molecular complexity index is 571. The van der Waals surface area contributed by atoms with Crippen LogP contribution in [-0.2, 0) is 0 Å². The van der Waals surface area contributed by atoms with Crippen molar-refractivity contribution in [1.82, 2.24) is 0 Å². The van der Waals surface area contributed by atoms with E-state index in [2.05, 4.69) is 10.2 Å². The van der Waals surface area contributed by atoms with E-state index in [0.717, 1.165) is 22.5 Å². The molecule has 0 fully saturated rings. The summed E-state index contributed by atoms with van der Waals surface area (Å²) in [4.78, 5) is 0. The molecule has 3 heteroatoms. The lowest BCUT2D eigenvalue weighted by Crippen LogP contribution is -1.95. The molecule has 0 unspecified atom stereocenters. The molecule has 0 aliphatic rings. The van der Waals surface area contributed by atoms with Crippen LogP contribution in [-0.4, -0.2) is 11.9 Å². The first-order chi connectivity index (χ1) is 8.75. The van der Waals surface area contributed by atoms with Gasteiger partial charge >= 0.3 is 0 Å². The Kier molecular flexibility index (Phi) is 3.86. The van der Waals surface area contributed by atoms with Crippen molar-refractivity contribution in [2.45, 2.75) is 6.92 Å². The van der Waals surface area contributed by atoms with Crippen LogP contribution in [0.15, 0.2) is 64.8 Å². The summed E-state index contributed by atoms with van der Waals surface area (Å²) in [6.07, 6.45) is 1.73. The number of nitrogens with zero attached hydrogens (tertiary/aromatic N) is 2. The Labute approximate surface area is 107 Å². The van der Waals surface area contributed by atoms with Crippen molar-refractivity contribution in [3.63, 3.8) is 0 Å². The summed E-state index contributed by atoms with van der Waals surface area (Å²) in [7, 11) is 0. The molecule has 0 aliphatic heterocycles. The second-order valence-corrected chi connectivity index (χ2v) is 3.97. The van der Waals surface area contributed by atoms with Crippen LogP contribution in [0.4, 0.5) is 5.69 Å². The predicted molar refractivity (Wildman–Crippen MR) is 77.1 cm³/mol. The van der Waals surface area contributed by atoms with Crippen LogP contribution >= 0.6 is 0 Å². The van der Waals surface area contributed by atoms with Gasteiger partial charge in [-0.2, -0.15) is 10.2 Å². The maximum absolute atomic E-state index is 5.72. The van der Waals surface area contributed by atoms with Gasteiger partial charge in [0.25, 0.3) is 0 Å². The number of hydrogen-bond donors (Lipinski definition) is 1. The molecule has 0 atom stereocenters. The van der Waals surface area contributed by atoms with E-state index in [1.54, 1.807) is 6.21 Å². The highest BCUT2D eigenvalue weighted by molar-refractivity contribution is 5.99. The van der Waals surface area contributed by atoms with Crippen molar-refractivity contribution in [3.8, 4) is 0 Å². The van der Waals surface area contributed by atoms with Gasteiger partial charge in [-0.15, -0.1) is 0 Å². The zero-order valence-electron chi connectivity index (χ0n) is 10.2. The van der Waals surface area contributed by atoms with E-state index < -0.39 is 0 Å². The van der Waals surface area contributed by atoms with E-state index in [0.29, 0.717) is 0 Å². The Hall–Kier alpha value is -2.42. The van der Waals surface area contributed by atoms with Crippen LogP contribution in [0.25, 0.3) is 0 Å². The van der Waals surface area contributed by atoms with Gasteiger partial charge in [0.2, 0.25) is 0 Å². The summed E-state index contributed by atoms with van der Waals surface area (Å²) in [6, 6.07) is 17.5. The monoisotopic (exact) mass is 237 g/mol. The quantitative estimate of drug-likeness (QED) is 0.497. The number of anilines is 1. The average molecular weight is 237 g/mol. The molecule has 0 amide bonds. The fraction of sp³-hybridized carbons (Fsp3) is 0.0667. The van der Waals surface area contributed by atoms with Gasteiger partial charge in [0.05, 0.1) is 11.9 Å². The highest BCUT2D eigenvalue weighted by Gasteiger charge is 1.96. The van der Waals surface area contributed by atoms with E-state index in [1.807, 2.05) is 61.5 Å². The average Bonchev–Trinajstić information content (AvgIpc) is 2.40. The molecular weight excluding hydrogens is 222 g/mol. The lowest BCUT2D eigenvalue weighted by molar-refractivity contribution is 1.24. The summed E-state index contributed by atoms with van der Waals surface area (Å²) in [5.41, 5.74) is 9.31. The Balaban J connectivity index is 2.12. The van der Waals surface area contributed by atoms with Gasteiger partial charge in [0, 0.05) is 5.69 Å². The first-order valence-electron chi connectivity index (χ1n) is 5.74. The minimum Gasteiger partial charge on any atom is -0.399 e. The molecule has 0 aliphatic carbocycles. The number of nitrogens with two attached hydrogens (primary N) is 1. The van der Waals surface area contributed by atoms with Gasteiger partial charge in [-0.05, 0) is 30.2 Å². The van der Waals surface area contributed by atoms with Crippen LogP contribution < -0.4 is 5.73 Å². The molecule has 0 bridgehead atoms. The molecule has 2 aromatic carbocycles. The smallest absolute Gasteiger partial charge is 0.0672 e. The zero-order valence-corrected chi connectivity index (χ0v) is 10.2. The van der Waals surface area contributed by atoms with Crippen LogP contribution in [0, 0.1) is 0 Å². The second-order valence-electron chi connectivity index (χ2n) is 3.97. The Morgan fingerprint density at radius 2 is 1.83 bits per heavy atom. The second kappa shape index (κ2) is 5.77. The van der Waals surface area contributed by atoms with Gasteiger partial charge < -0.3 is 5.73 Å². The third-order valence-corrected chi connectivity index (χ3v) is 2.52. The van der Waals surface area contributed by atoms with E-state index in [1.165, 1.54) is 0 Å². The van der Waals surface area contributed by atoms with Crippen LogP contribution in [0.3, 0.4) is 0 Å². The molecule has 0 heterocycles. The topological polar surface area (TPSA) is 50.7 Å². The molecule has 2 rings (SSSR count). The van der Waals surface area contributed by atoms with Gasteiger partial charge in [-0.3, -0.25) is 0 Å². The molecule has 2 aromatic rings. The number of benzene rings is 2. The minimum atomic E-state index is 0.731. The van der Waals surface area contributed by atoms with Crippen molar-refractivity contribution in [1.29, 1.82) is 0 Å². The molecule has 0 spiro atoms. The van der Waals surface area contributed by atoms with Gasteiger partial charge in [-0.1, -0.05) is 42.5 Å². The number of rotatable bonds is 3. The molecule has 90 valence electrons. The number of hydrogen-bond acceptors (Lipinski definition) is 3. The van der Waals surface area contributed by atoms with Crippen molar-refractivity contribution in [2.75, 3.05) is 5.73 Å². The predicted octanol–water partition coefficient (Wildman–Crippen LogP) is 3.11. The van der Waals surface area contributed by atoms with Crippen LogP contribution in [0.2, 0.25) is 0 Å². The third kappa shape index (κ3) is 3.28. The largest absolute Gasteiger partial charge is 0.399 e. The normalized spacial score (nSPS) is 11.9. The number of nitrogen functional groups attached to an aromatic ring is 1. The summed E-state index contributed by atoms with van der Waals surface area (Å²) >= 11 is 0. The third-order valence-electron chi connectivity index (χ3n) is 2.52. The van der Waals surface area contributed by atoms with E-state index in [-0.39, 0.29) is 0 Å². The fourth-order valence-electron chi connectivity index (χ4n) is 1.54. The maximum Gasteiger partial charge on any atom is 0.0672 e. The molecule has 3 nitrogen and oxygen atoms in total. The standard InChI is InChI=1S/C15H15N3/c1-12(14-8-5-9-15(16)10-14)18-17-11-13-6-3-2-4-7-13/h2-11H,16H2,1H3. The highest BCUT2D eigenvalue weighted by atomic mass is 15.2. The summed E-state index contributed by atoms with van der Waals surface area (Å²) in [5, 5.41) is 8.23. The van der Waals surface area contributed by atoms with Gasteiger partial charge in [-0.25, -0.2) is 0 Å². The van der Waals surface area contributed by atoms with Crippen molar-refractivity contribution < 1.29 is 0 Å². The van der Waals surface area contributed by atoms with Gasteiger partial charge in [0.15, 0.2) is 0 Å². The molecule has 18 heavy (non-hydrogen) atoms. The molecular formula is C15H15N3. The van der Waals surface area contributed by atoms with Crippen LogP contribution in [0.1, 0.15) is 18.1 Å². The van der Waals surface area contributed by atoms with E-state index in [4.69, 9.17) is 5.73 Å². The van der Waals surface area contributed by atoms with Crippen molar-refractivity contribution in [2.24, 2.45) is 10.2 Å². The SMILES string of the molecule is CC(=NN=Cc1ccccc1)c1cccc(N)c1. The first kappa shape index (κ1) is 12.0. The van der Waals surface area contributed by atoms with E-state index in [9.17, 15) is 0 Å². The minimum absolute atomic E-state index is 0.731. The highest BCUT2D eigenvalue weighted by Crippen LogP contribution is 2.07. The summed E-state index contributed by atoms with van der Waals surface area (Å²) in [5.74, 6) is 0. The van der Waals surface area contributed by atoms with Gasteiger partial charge in [0.1, 0.15) is 0 Å². The molecule has 2 N–H and O–H groups in total. The van der Waals surface area contributed by atoms with E-state index >= 15 is 0 Å². The maximum atomic E-state index is 5.72. The molecule has 0 aromatic heterocycles. The molecule has 0 saturated heterocycles. The molecule has 0 radical (unpaired) electrons. The molecule has 0 saturated carbocycles. The Morgan fingerprint density at radius 3 is 2.56 bits per heavy atom. The fourth-order valence-corrected chi connectivity index (χ4v) is 1.54. The van der Waals surface area contributed by atoms with Crippen LogP contribution in [0.5, 0.6) is 0 Å². The van der Waals surface area contributed by atoms with Crippen molar-refractivity contribution in [3.05, 3.63) is 65.7 Å². The Morgan fingerprint density at radius 1 is 1.06 bits per heavy atom.